The molecule has 2 rings (SSSR count). The summed E-state index contributed by atoms with van der Waals surface area (Å²) in [6, 6.07) is 1.81. The van der Waals surface area contributed by atoms with Crippen molar-refractivity contribution in [2.75, 3.05) is 0 Å². The minimum absolute atomic E-state index is 0.142. The molecule has 0 unspecified atom stereocenters. The molecule has 2 aromatic rings. The van der Waals surface area contributed by atoms with E-state index in [9.17, 15) is 4.79 Å². The van der Waals surface area contributed by atoms with Gasteiger partial charge < -0.3 is 9.09 Å². The zero-order chi connectivity index (χ0) is 12.3. The summed E-state index contributed by atoms with van der Waals surface area (Å²) in [7, 11) is 0. The van der Waals surface area contributed by atoms with Gasteiger partial charge in [0.15, 0.2) is 11.6 Å². The van der Waals surface area contributed by atoms with Gasteiger partial charge in [-0.15, -0.1) is 0 Å². The number of ketones is 1. The average molecular weight is 233 g/mol. The van der Waals surface area contributed by atoms with E-state index in [4.69, 9.17) is 4.52 Å². The van der Waals surface area contributed by atoms with Crippen molar-refractivity contribution in [2.24, 2.45) is 0 Å². The predicted octanol–water partition coefficient (Wildman–Crippen LogP) is 2.07. The first-order chi connectivity index (χ1) is 8.22. The highest BCUT2D eigenvalue weighted by molar-refractivity contribution is 5.95. The Hall–Kier alpha value is -1.91. The number of nitrogens with zero attached hydrogens (tertiary/aromatic N) is 3. The van der Waals surface area contributed by atoms with Crippen molar-refractivity contribution in [1.82, 2.24) is 14.7 Å². The van der Waals surface area contributed by atoms with E-state index < -0.39 is 0 Å². The highest BCUT2D eigenvalue weighted by Crippen LogP contribution is 2.07. The molecule has 0 spiro atoms. The van der Waals surface area contributed by atoms with Gasteiger partial charge in [-0.25, -0.2) is 0 Å². The van der Waals surface area contributed by atoms with Gasteiger partial charge in [-0.3, -0.25) is 4.79 Å². The van der Waals surface area contributed by atoms with Crippen LogP contribution in [0.5, 0.6) is 0 Å². The lowest BCUT2D eigenvalue weighted by Crippen LogP contribution is -1.98. The monoisotopic (exact) mass is 233 g/mol. The summed E-state index contributed by atoms with van der Waals surface area (Å²) in [6.45, 7) is 4.33. The molecule has 0 aliphatic rings. The molecule has 0 fully saturated rings. The van der Waals surface area contributed by atoms with Crippen LogP contribution in [0.25, 0.3) is 0 Å². The molecule has 0 saturated carbocycles. The summed E-state index contributed by atoms with van der Waals surface area (Å²) < 4.78 is 6.96. The van der Waals surface area contributed by atoms with E-state index in [0.29, 0.717) is 24.7 Å². The van der Waals surface area contributed by atoms with Crippen molar-refractivity contribution in [3.05, 3.63) is 35.7 Å². The van der Waals surface area contributed by atoms with Crippen LogP contribution in [0.3, 0.4) is 0 Å². The topological polar surface area (TPSA) is 60.9 Å². The lowest BCUT2D eigenvalue weighted by atomic mass is 10.2. The van der Waals surface area contributed by atoms with Crippen LogP contribution in [-0.2, 0) is 13.0 Å². The SMILES string of the molecule is CCC(=O)c1ccn(Cc2nc(CC)no2)c1. The van der Waals surface area contributed by atoms with E-state index in [1.54, 1.807) is 0 Å². The van der Waals surface area contributed by atoms with E-state index in [0.717, 1.165) is 12.0 Å². The largest absolute Gasteiger partial charge is 0.344 e. The van der Waals surface area contributed by atoms with Gasteiger partial charge in [-0.1, -0.05) is 19.0 Å². The highest BCUT2D eigenvalue weighted by atomic mass is 16.5. The van der Waals surface area contributed by atoms with E-state index in [2.05, 4.69) is 10.1 Å². The lowest BCUT2D eigenvalue weighted by Gasteiger charge is -1.96. The molecule has 0 atom stereocenters. The zero-order valence-electron chi connectivity index (χ0n) is 10.0. The third kappa shape index (κ3) is 2.61. The molecule has 0 aliphatic heterocycles. The highest BCUT2D eigenvalue weighted by Gasteiger charge is 2.08. The van der Waals surface area contributed by atoms with Crippen LogP contribution in [0, 0.1) is 0 Å². The number of rotatable bonds is 5. The molecular formula is C12H15N3O2. The number of carbonyl (C=O) groups is 1. The summed E-state index contributed by atoms with van der Waals surface area (Å²) in [5.74, 6) is 1.41. The number of Topliss-reactive ketones (excluding diaryl/α,β-unsaturated/α-hetero) is 1. The van der Waals surface area contributed by atoms with Crippen LogP contribution in [0.2, 0.25) is 0 Å². The summed E-state index contributed by atoms with van der Waals surface area (Å²) >= 11 is 0. The van der Waals surface area contributed by atoms with Gasteiger partial charge in [0.2, 0.25) is 5.89 Å². The number of aryl methyl sites for hydroxylation is 1. The second-order valence-corrected chi connectivity index (χ2v) is 3.81. The first kappa shape index (κ1) is 11.6. The fourth-order valence-electron chi connectivity index (χ4n) is 1.56. The Morgan fingerprint density at radius 1 is 1.47 bits per heavy atom. The van der Waals surface area contributed by atoms with Crippen molar-refractivity contribution >= 4 is 5.78 Å². The second-order valence-electron chi connectivity index (χ2n) is 3.81. The fourth-order valence-corrected chi connectivity index (χ4v) is 1.56. The Labute approximate surface area is 99.4 Å². The van der Waals surface area contributed by atoms with E-state index in [1.807, 2.05) is 36.9 Å². The molecule has 0 amide bonds. The summed E-state index contributed by atoms with van der Waals surface area (Å²) in [6.07, 6.45) is 4.93. The third-order valence-electron chi connectivity index (χ3n) is 2.54. The quantitative estimate of drug-likeness (QED) is 0.742. The summed E-state index contributed by atoms with van der Waals surface area (Å²) in [5, 5.41) is 3.82. The minimum atomic E-state index is 0.142. The van der Waals surface area contributed by atoms with E-state index in [1.165, 1.54) is 0 Å². The van der Waals surface area contributed by atoms with Crippen molar-refractivity contribution in [3.8, 4) is 0 Å². The van der Waals surface area contributed by atoms with Crippen LogP contribution in [0.15, 0.2) is 23.0 Å². The molecule has 0 saturated heterocycles. The molecule has 17 heavy (non-hydrogen) atoms. The van der Waals surface area contributed by atoms with Crippen LogP contribution in [0.1, 0.15) is 42.3 Å². The predicted molar refractivity (Wildman–Crippen MR) is 61.8 cm³/mol. The molecule has 0 N–H and O–H groups in total. The van der Waals surface area contributed by atoms with Gasteiger partial charge in [0.05, 0.1) is 0 Å². The maximum atomic E-state index is 11.5. The van der Waals surface area contributed by atoms with Gasteiger partial charge in [0.1, 0.15) is 6.54 Å². The smallest absolute Gasteiger partial charge is 0.246 e. The first-order valence-electron chi connectivity index (χ1n) is 5.73. The molecule has 5 heteroatoms. The van der Waals surface area contributed by atoms with Crippen molar-refractivity contribution in [2.45, 2.75) is 33.2 Å². The molecule has 2 heterocycles. The number of aromatic nitrogens is 3. The van der Waals surface area contributed by atoms with E-state index >= 15 is 0 Å². The van der Waals surface area contributed by atoms with Crippen LogP contribution in [0.4, 0.5) is 0 Å². The Kier molecular flexibility index (Phi) is 3.37. The molecule has 0 aromatic carbocycles. The Bertz CT molecular complexity index is 513. The third-order valence-corrected chi connectivity index (χ3v) is 2.54. The molecule has 0 radical (unpaired) electrons. The van der Waals surface area contributed by atoms with Crippen molar-refractivity contribution in [1.29, 1.82) is 0 Å². The minimum Gasteiger partial charge on any atom is -0.344 e. The Morgan fingerprint density at radius 2 is 2.29 bits per heavy atom. The molecule has 90 valence electrons. The van der Waals surface area contributed by atoms with Crippen molar-refractivity contribution in [3.63, 3.8) is 0 Å². The summed E-state index contributed by atoms with van der Waals surface area (Å²) in [4.78, 5) is 15.7. The molecule has 0 aliphatic carbocycles. The summed E-state index contributed by atoms with van der Waals surface area (Å²) in [5.41, 5.74) is 0.725. The fraction of sp³-hybridized carbons (Fsp3) is 0.417. The van der Waals surface area contributed by atoms with Gasteiger partial charge in [0.25, 0.3) is 0 Å². The van der Waals surface area contributed by atoms with Crippen LogP contribution >= 0.6 is 0 Å². The van der Waals surface area contributed by atoms with Gasteiger partial charge in [-0.2, -0.15) is 4.98 Å². The normalized spacial score (nSPS) is 10.7. The first-order valence-corrected chi connectivity index (χ1v) is 5.73. The number of hydrogen-bond donors (Lipinski definition) is 0. The van der Waals surface area contributed by atoms with E-state index in [-0.39, 0.29) is 5.78 Å². The number of hydrogen-bond acceptors (Lipinski definition) is 4. The number of carbonyl (C=O) groups excluding carboxylic acids is 1. The van der Waals surface area contributed by atoms with Crippen LogP contribution in [-0.4, -0.2) is 20.5 Å². The second kappa shape index (κ2) is 4.95. The van der Waals surface area contributed by atoms with Crippen molar-refractivity contribution < 1.29 is 9.32 Å². The maximum Gasteiger partial charge on any atom is 0.246 e. The molecular weight excluding hydrogens is 218 g/mol. The van der Waals surface area contributed by atoms with Gasteiger partial charge >= 0.3 is 0 Å². The average Bonchev–Trinajstić information content (AvgIpc) is 2.97. The maximum absolute atomic E-state index is 11.5. The Morgan fingerprint density at radius 3 is 2.94 bits per heavy atom. The molecule has 5 nitrogen and oxygen atoms in total. The molecule has 0 bridgehead atoms. The lowest BCUT2D eigenvalue weighted by molar-refractivity contribution is 0.0988. The standard InChI is InChI=1S/C12H15N3O2/c1-3-10(16)9-5-6-15(7-9)8-12-13-11(4-2)14-17-12/h5-7H,3-4,8H2,1-2H3. The Balaban J connectivity index is 2.08. The molecule has 2 aromatic heterocycles. The van der Waals surface area contributed by atoms with Gasteiger partial charge in [0, 0.05) is 30.8 Å². The zero-order valence-corrected chi connectivity index (χ0v) is 10.0. The van der Waals surface area contributed by atoms with Crippen LogP contribution < -0.4 is 0 Å². The van der Waals surface area contributed by atoms with Gasteiger partial charge in [-0.05, 0) is 6.07 Å².